The monoisotopic (exact) mass is 86.0 g/mol. The van der Waals surface area contributed by atoms with E-state index in [0.717, 1.165) is 0 Å². The maximum absolute atomic E-state index is 9.82. The zero-order valence-corrected chi connectivity index (χ0v) is 3.56. The normalized spacial score (nSPS) is 7.67. The van der Waals surface area contributed by atoms with Crippen molar-refractivity contribution in [2.45, 2.75) is 13.3 Å². The summed E-state index contributed by atoms with van der Waals surface area (Å²) >= 11 is 0. The molecule has 0 rings (SSSR count). The van der Waals surface area contributed by atoms with E-state index in [1.54, 1.807) is 6.92 Å². The molecule has 0 aliphatic heterocycles. The minimum absolute atomic E-state index is 0.330. The van der Waals surface area contributed by atoms with Crippen molar-refractivity contribution >= 4 is 5.91 Å². The molecule has 0 aliphatic rings. The van der Waals surface area contributed by atoms with Gasteiger partial charge in [0.2, 0.25) is 5.91 Å². The second-order valence-electron chi connectivity index (χ2n) is 0.889. The Kier molecular flexibility index (Phi) is 2.40. The van der Waals surface area contributed by atoms with Crippen molar-refractivity contribution in [2.24, 2.45) is 0 Å². The smallest absolute Gasteiger partial charge is 0.236 e. The van der Waals surface area contributed by atoms with Gasteiger partial charge in [-0.3, -0.25) is 10.2 Å². The largest absolute Gasteiger partial charge is 0.274 e. The Bertz CT molecular complexity index is 46.8. The Morgan fingerprint density at radius 1 is 2.00 bits per heavy atom. The van der Waals surface area contributed by atoms with Crippen molar-refractivity contribution in [2.75, 3.05) is 0 Å². The van der Waals surface area contributed by atoms with Gasteiger partial charge in [0.25, 0.3) is 0 Å². The first kappa shape index (κ1) is 5.43. The van der Waals surface area contributed by atoms with Crippen LogP contribution in [0.5, 0.6) is 0 Å². The van der Waals surface area contributed by atoms with Crippen LogP contribution < -0.4 is 11.3 Å². The highest BCUT2D eigenvalue weighted by Crippen LogP contribution is 1.67. The number of amides is 1. The van der Waals surface area contributed by atoms with Crippen LogP contribution in [0.4, 0.5) is 0 Å². The van der Waals surface area contributed by atoms with Crippen molar-refractivity contribution in [3.8, 4) is 0 Å². The molecule has 0 bridgehead atoms. The first-order valence-electron chi connectivity index (χ1n) is 1.74. The number of carbonyl (C=O) groups excluding carboxylic acids is 1. The lowest BCUT2D eigenvalue weighted by Gasteiger charge is -1.83. The van der Waals surface area contributed by atoms with Crippen LogP contribution >= 0.6 is 0 Å². The first-order valence-corrected chi connectivity index (χ1v) is 1.74. The summed E-state index contributed by atoms with van der Waals surface area (Å²) in [5, 5.41) is 0. The predicted molar refractivity (Wildman–Crippen MR) is 20.6 cm³/mol. The molecular weight excluding hydrogens is 80.0 g/mol. The molecule has 0 spiro atoms. The maximum atomic E-state index is 9.82. The summed E-state index contributed by atoms with van der Waals surface area (Å²) in [7, 11) is 0. The summed E-state index contributed by atoms with van der Waals surface area (Å²) in [6.07, 6.45) is 0.330. The van der Waals surface area contributed by atoms with Crippen molar-refractivity contribution in [3.63, 3.8) is 0 Å². The van der Waals surface area contributed by atoms with E-state index in [0.29, 0.717) is 6.42 Å². The molecule has 0 saturated heterocycles. The summed E-state index contributed by atoms with van der Waals surface area (Å²) in [4.78, 5) is 9.82. The van der Waals surface area contributed by atoms with E-state index in [2.05, 4.69) is 0 Å². The van der Waals surface area contributed by atoms with Gasteiger partial charge in [0.15, 0.2) is 0 Å². The van der Waals surface area contributed by atoms with Gasteiger partial charge in [-0.25, -0.2) is 0 Å². The average Bonchev–Trinajstić information content (AvgIpc) is 1.65. The highest BCUT2D eigenvalue weighted by Gasteiger charge is 1.86. The van der Waals surface area contributed by atoms with Gasteiger partial charge >= 0.3 is 0 Å². The Labute approximate surface area is 36.5 Å². The molecule has 2 radical (unpaired) electrons. The average molecular weight is 86.1 g/mol. The Morgan fingerprint density at radius 2 is 2.50 bits per heavy atom. The van der Waals surface area contributed by atoms with Crippen LogP contribution in [0.3, 0.4) is 0 Å². The van der Waals surface area contributed by atoms with Crippen LogP contribution in [-0.4, -0.2) is 5.91 Å². The molecule has 3 nitrogen and oxygen atoms in total. The number of carbonyl (C=O) groups is 1. The first-order chi connectivity index (χ1) is 2.81. The van der Waals surface area contributed by atoms with E-state index in [4.69, 9.17) is 5.84 Å². The predicted octanol–water partition coefficient (Wildman–Crippen LogP) is -0.504. The maximum Gasteiger partial charge on any atom is 0.236 e. The van der Waals surface area contributed by atoms with Crippen LogP contribution in [0.2, 0.25) is 0 Å². The molecule has 1 N–H and O–H groups in total. The van der Waals surface area contributed by atoms with Crippen molar-refractivity contribution < 1.29 is 4.79 Å². The van der Waals surface area contributed by atoms with Crippen LogP contribution in [-0.2, 0) is 4.79 Å². The van der Waals surface area contributed by atoms with Gasteiger partial charge in [0, 0.05) is 6.42 Å². The molecule has 6 heavy (non-hydrogen) atoms. The van der Waals surface area contributed by atoms with Crippen molar-refractivity contribution in [1.29, 1.82) is 0 Å². The van der Waals surface area contributed by atoms with Crippen LogP contribution in [0.15, 0.2) is 0 Å². The fourth-order valence-electron chi connectivity index (χ4n) is 0.0791. The molecule has 0 aromatic carbocycles. The third-order valence-corrected chi connectivity index (χ3v) is 0.446. The van der Waals surface area contributed by atoms with E-state index in [-0.39, 0.29) is 5.91 Å². The third kappa shape index (κ3) is 1.72. The van der Waals surface area contributed by atoms with E-state index >= 15 is 0 Å². The highest BCUT2D eigenvalue weighted by atomic mass is 16.2. The number of nitrogens with zero attached hydrogens (tertiary/aromatic N) is 1. The third-order valence-electron chi connectivity index (χ3n) is 0.446. The fraction of sp³-hybridized carbons (Fsp3) is 0.667. The van der Waals surface area contributed by atoms with Gasteiger partial charge in [0.1, 0.15) is 0 Å². The summed E-state index contributed by atoms with van der Waals surface area (Å²) in [5.74, 6) is 7.38. The summed E-state index contributed by atoms with van der Waals surface area (Å²) in [5.41, 5.74) is 1.48. The van der Waals surface area contributed by atoms with E-state index in [1.807, 2.05) is 0 Å². The minimum Gasteiger partial charge on any atom is -0.274 e. The molecule has 0 saturated carbocycles. The number of rotatable bonds is 1. The lowest BCUT2D eigenvalue weighted by molar-refractivity contribution is -0.121. The zero-order valence-electron chi connectivity index (χ0n) is 3.56. The highest BCUT2D eigenvalue weighted by molar-refractivity contribution is 5.74. The molecule has 0 aromatic rings. The molecule has 3 heteroatoms. The Morgan fingerprint density at radius 3 is 2.50 bits per heavy atom. The lowest BCUT2D eigenvalue weighted by Crippen LogP contribution is -2.18. The number of hydrogen-bond donors (Lipinski definition) is 1. The Hall–Kier alpha value is -0.570. The fourth-order valence-corrected chi connectivity index (χ4v) is 0.0791. The Balaban J connectivity index is 2.99. The van der Waals surface area contributed by atoms with Crippen LogP contribution in [0.25, 0.3) is 0 Å². The zero-order chi connectivity index (χ0) is 4.99. The van der Waals surface area contributed by atoms with Gasteiger partial charge in [-0.2, -0.15) is 0 Å². The molecule has 0 atom stereocenters. The molecule has 1 amide bonds. The number of nitrogens with one attached hydrogen (secondary N) is 1. The SMILES string of the molecule is CCC(=O)N[N]. The summed E-state index contributed by atoms with van der Waals surface area (Å²) < 4.78 is 0. The second kappa shape index (κ2) is 2.66. The summed E-state index contributed by atoms with van der Waals surface area (Å²) in [6, 6.07) is 0. The molecule has 0 aliphatic carbocycles. The van der Waals surface area contributed by atoms with Gasteiger partial charge in [0.05, 0.1) is 0 Å². The van der Waals surface area contributed by atoms with Crippen molar-refractivity contribution in [3.05, 3.63) is 0 Å². The topological polar surface area (TPSA) is 51.4 Å². The molecular formula is C3H6N2O. The second-order valence-corrected chi connectivity index (χ2v) is 0.889. The molecule has 0 unspecified atom stereocenters. The standard InChI is InChI=1S/C3H6N2O/c1-2-3(6)5-4/h2H2,1H3,(H,5,6). The molecule has 34 valence electrons. The quantitative estimate of drug-likeness (QED) is 0.429. The lowest BCUT2D eigenvalue weighted by atomic mass is 10.5. The molecule has 0 heterocycles. The van der Waals surface area contributed by atoms with E-state index in [9.17, 15) is 4.79 Å². The van der Waals surface area contributed by atoms with Crippen LogP contribution in [0.1, 0.15) is 13.3 Å². The van der Waals surface area contributed by atoms with Crippen molar-refractivity contribution in [1.82, 2.24) is 11.3 Å². The van der Waals surface area contributed by atoms with Crippen LogP contribution in [0, 0.1) is 0 Å². The van der Waals surface area contributed by atoms with Gasteiger partial charge < -0.3 is 0 Å². The molecule has 0 aromatic heterocycles. The van der Waals surface area contributed by atoms with Gasteiger partial charge in [-0.05, 0) is 5.84 Å². The summed E-state index contributed by atoms with van der Waals surface area (Å²) in [6.45, 7) is 1.66. The van der Waals surface area contributed by atoms with Gasteiger partial charge in [-0.1, -0.05) is 6.92 Å². The van der Waals surface area contributed by atoms with E-state index in [1.165, 1.54) is 5.43 Å². The number of hydrogen-bond acceptors (Lipinski definition) is 1. The minimum atomic E-state index is -0.352. The van der Waals surface area contributed by atoms with Gasteiger partial charge in [-0.15, -0.1) is 0 Å². The molecule has 0 fully saturated rings. The van der Waals surface area contributed by atoms with E-state index < -0.39 is 0 Å².